The van der Waals surface area contributed by atoms with Gasteiger partial charge in [0.25, 0.3) is 11.8 Å². The number of rotatable bonds is 10. The average molecular weight is 436 g/mol. The largest absolute Gasteiger partial charge is 0.507 e. The van der Waals surface area contributed by atoms with Crippen molar-refractivity contribution in [3.63, 3.8) is 0 Å². The van der Waals surface area contributed by atoms with Crippen LogP contribution in [0.3, 0.4) is 0 Å². The number of carbonyl (C=O) groups is 2. The summed E-state index contributed by atoms with van der Waals surface area (Å²) in [4.78, 5) is 28.9. The van der Waals surface area contributed by atoms with Crippen molar-refractivity contribution in [3.05, 3.63) is 65.2 Å². The van der Waals surface area contributed by atoms with Crippen LogP contribution in [-0.4, -0.2) is 52.2 Å². The van der Waals surface area contributed by atoms with Gasteiger partial charge < -0.3 is 10.0 Å². The first-order chi connectivity index (χ1) is 15.5. The molecule has 0 saturated heterocycles. The minimum Gasteiger partial charge on any atom is -0.507 e. The first-order valence-electron chi connectivity index (χ1n) is 11.5. The van der Waals surface area contributed by atoms with E-state index in [-0.39, 0.29) is 11.7 Å². The van der Waals surface area contributed by atoms with Gasteiger partial charge in [0, 0.05) is 17.7 Å². The lowest BCUT2D eigenvalue weighted by molar-refractivity contribution is -0.129. The Kier molecular flexibility index (Phi) is 8.17. The summed E-state index contributed by atoms with van der Waals surface area (Å²) >= 11 is 0. The van der Waals surface area contributed by atoms with Crippen LogP contribution in [-0.2, 0) is 4.79 Å². The van der Waals surface area contributed by atoms with E-state index in [2.05, 4.69) is 23.8 Å². The summed E-state index contributed by atoms with van der Waals surface area (Å²) in [5, 5.41) is 15.9. The van der Waals surface area contributed by atoms with Gasteiger partial charge in [-0.15, -0.1) is 0 Å². The van der Waals surface area contributed by atoms with E-state index in [0.29, 0.717) is 23.4 Å². The zero-order chi connectivity index (χ0) is 23.1. The number of aromatic hydroxyl groups is 1. The van der Waals surface area contributed by atoms with E-state index < -0.39 is 11.8 Å². The smallest absolute Gasteiger partial charge is 0.281 e. The van der Waals surface area contributed by atoms with Crippen molar-refractivity contribution in [2.75, 3.05) is 19.6 Å². The predicted octanol–water partition coefficient (Wildman–Crippen LogP) is 4.61. The molecule has 0 bridgehead atoms. The number of aryl methyl sites for hydroxylation is 1. The third-order valence-electron chi connectivity index (χ3n) is 5.81. The highest BCUT2D eigenvalue weighted by molar-refractivity contribution is 6.22. The number of phenols is 1. The first-order valence-corrected chi connectivity index (χ1v) is 11.5. The van der Waals surface area contributed by atoms with Crippen molar-refractivity contribution in [3.8, 4) is 5.75 Å². The highest BCUT2D eigenvalue weighted by Gasteiger charge is 2.41. The molecule has 0 saturated carbocycles. The number of carbonyl (C=O) groups excluding carboxylic acids is 2. The van der Waals surface area contributed by atoms with E-state index >= 15 is 0 Å². The number of hydrogen-bond acceptors (Lipinski definition) is 5. The van der Waals surface area contributed by atoms with E-state index in [1.165, 1.54) is 0 Å². The van der Waals surface area contributed by atoms with Crippen LogP contribution in [0.15, 0.2) is 53.6 Å². The number of amides is 2. The maximum Gasteiger partial charge on any atom is 0.281 e. The molecule has 0 radical (unpaired) electrons. The molecule has 3 rings (SSSR count). The molecule has 1 N–H and O–H groups in total. The molecule has 0 fully saturated rings. The fourth-order valence-corrected chi connectivity index (χ4v) is 3.87. The van der Waals surface area contributed by atoms with Crippen LogP contribution in [0.25, 0.3) is 0 Å². The number of unbranched alkanes of at least 4 members (excludes halogenated alkanes) is 2. The molecule has 2 amide bonds. The molecule has 170 valence electrons. The summed E-state index contributed by atoms with van der Waals surface area (Å²) in [6, 6.07) is 14.0. The Morgan fingerprint density at radius 2 is 1.66 bits per heavy atom. The normalized spacial score (nSPS) is 16.0. The number of imide groups is 1. The monoisotopic (exact) mass is 435 g/mol. The van der Waals surface area contributed by atoms with E-state index in [1.54, 1.807) is 36.4 Å². The van der Waals surface area contributed by atoms with Crippen LogP contribution in [0.1, 0.15) is 61.0 Å². The highest BCUT2D eigenvalue weighted by Crippen LogP contribution is 2.28. The average Bonchev–Trinajstić information content (AvgIpc) is 3.11. The molecular formula is C26H33N3O3. The molecule has 6 heteroatoms. The molecule has 1 aliphatic rings. The van der Waals surface area contributed by atoms with E-state index in [9.17, 15) is 14.7 Å². The second-order valence-electron chi connectivity index (χ2n) is 8.38. The maximum absolute atomic E-state index is 13.4. The van der Waals surface area contributed by atoms with Gasteiger partial charge in [-0.1, -0.05) is 56.5 Å². The number of hydrogen-bond donors (Lipinski definition) is 1. The molecule has 1 atom stereocenters. The Bertz CT molecular complexity index is 961. The minimum absolute atomic E-state index is 0.0577. The van der Waals surface area contributed by atoms with Gasteiger partial charge in [-0.05, 0) is 57.1 Å². The number of nitrogens with zero attached hydrogens (tertiary/aromatic N) is 3. The van der Waals surface area contributed by atoms with Crippen LogP contribution in [0.4, 0.5) is 0 Å². The summed E-state index contributed by atoms with van der Waals surface area (Å²) in [6.45, 7) is 8.50. The van der Waals surface area contributed by atoms with Crippen molar-refractivity contribution in [2.24, 2.45) is 11.0 Å². The Morgan fingerprint density at radius 3 is 2.25 bits per heavy atom. The van der Waals surface area contributed by atoms with E-state index in [4.69, 9.17) is 0 Å². The second-order valence-corrected chi connectivity index (χ2v) is 8.38. The molecule has 0 aliphatic carbocycles. The summed E-state index contributed by atoms with van der Waals surface area (Å²) in [5.41, 5.74) is 2.40. The van der Waals surface area contributed by atoms with Gasteiger partial charge in [-0.25, -0.2) is 0 Å². The van der Waals surface area contributed by atoms with E-state index in [1.807, 2.05) is 19.1 Å². The lowest BCUT2D eigenvalue weighted by Crippen LogP contribution is -2.40. The highest BCUT2D eigenvalue weighted by atomic mass is 16.3. The summed E-state index contributed by atoms with van der Waals surface area (Å²) < 4.78 is 0. The van der Waals surface area contributed by atoms with Crippen LogP contribution in [0.5, 0.6) is 5.75 Å². The topological polar surface area (TPSA) is 73.2 Å². The molecule has 0 aromatic heterocycles. The summed E-state index contributed by atoms with van der Waals surface area (Å²) in [6.07, 6.45) is 4.22. The van der Waals surface area contributed by atoms with E-state index in [0.717, 1.165) is 49.3 Å². The Balaban J connectivity index is 1.94. The Hall–Kier alpha value is -2.99. The quantitative estimate of drug-likeness (QED) is 0.553. The number of benzene rings is 2. The van der Waals surface area contributed by atoms with Crippen molar-refractivity contribution in [1.29, 1.82) is 0 Å². The summed E-state index contributed by atoms with van der Waals surface area (Å²) in [7, 11) is 0. The van der Waals surface area contributed by atoms with Gasteiger partial charge in [0.2, 0.25) is 0 Å². The molecular weight excluding hydrogens is 402 g/mol. The summed E-state index contributed by atoms with van der Waals surface area (Å²) in [5.74, 6) is -1.33. The van der Waals surface area contributed by atoms with Gasteiger partial charge >= 0.3 is 0 Å². The van der Waals surface area contributed by atoms with Gasteiger partial charge in [0.1, 0.15) is 5.75 Å². The van der Waals surface area contributed by atoms with Crippen LogP contribution >= 0.6 is 0 Å². The second kappa shape index (κ2) is 11.0. The number of phenolic OH excluding ortho intramolecular Hbond substituents is 1. The van der Waals surface area contributed by atoms with Crippen molar-refractivity contribution < 1.29 is 14.7 Å². The molecule has 1 unspecified atom stereocenters. The zero-order valence-electron chi connectivity index (χ0n) is 19.3. The van der Waals surface area contributed by atoms with Crippen LogP contribution in [0, 0.1) is 12.8 Å². The molecule has 2 aromatic rings. The van der Waals surface area contributed by atoms with Gasteiger partial charge in [-0.2, -0.15) is 10.1 Å². The minimum atomic E-state index is -0.605. The number of para-hydroxylation sites is 1. The molecule has 32 heavy (non-hydrogen) atoms. The fraction of sp³-hybridized carbons (Fsp3) is 0.423. The molecule has 6 nitrogen and oxygen atoms in total. The third kappa shape index (κ3) is 5.43. The number of hydrazone groups is 1. The van der Waals surface area contributed by atoms with Gasteiger partial charge in [0.05, 0.1) is 11.6 Å². The standard InChI is InChI=1S/C26H33N3O3/c1-4-6-16-28(17-7-5-2)18-22-24(21-10-8-9-11-23(21)30)27-29(26(22)32)25(31)20-14-12-19(3)13-15-20/h8-15,22,30H,4-7,16-18H2,1-3H3. The lowest BCUT2D eigenvalue weighted by Gasteiger charge is -2.25. The first kappa shape index (κ1) is 23.7. The Morgan fingerprint density at radius 1 is 1.03 bits per heavy atom. The zero-order valence-corrected chi connectivity index (χ0v) is 19.3. The SMILES string of the molecule is CCCCN(CCCC)CC1C(=O)N(C(=O)c2ccc(C)cc2)N=C1c1ccccc1O. The fourth-order valence-electron chi connectivity index (χ4n) is 3.87. The molecule has 1 aliphatic heterocycles. The predicted molar refractivity (Wildman–Crippen MR) is 127 cm³/mol. The lowest BCUT2D eigenvalue weighted by atomic mass is 9.95. The Labute approximate surface area is 190 Å². The molecule has 0 spiro atoms. The van der Waals surface area contributed by atoms with Crippen molar-refractivity contribution in [1.82, 2.24) is 9.91 Å². The van der Waals surface area contributed by atoms with Crippen LogP contribution < -0.4 is 0 Å². The van der Waals surface area contributed by atoms with Crippen LogP contribution in [0.2, 0.25) is 0 Å². The van der Waals surface area contributed by atoms with Gasteiger partial charge in [-0.3, -0.25) is 9.59 Å². The molecule has 1 heterocycles. The van der Waals surface area contributed by atoms with Crippen molar-refractivity contribution >= 4 is 17.5 Å². The third-order valence-corrected chi connectivity index (χ3v) is 5.81. The van der Waals surface area contributed by atoms with Crippen molar-refractivity contribution in [2.45, 2.75) is 46.5 Å². The molecule has 2 aromatic carbocycles. The van der Waals surface area contributed by atoms with Gasteiger partial charge in [0.15, 0.2) is 0 Å². The maximum atomic E-state index is 13.4.